The standard InChI is InChI=1S/C25H39N7O3/c1-16(2)11-20(28-24(34)35-25(4,5)6)23(33)32-9-7-18(8-10-32)13-19-14-21(27-15-26-19)29-22-12-17(3)30-31-22/h12,14-16,18,20H,7-11,13H2,1-6H3,(H,28,34)(H2,26,27,29,30,31)/t20-/m0/s1. The molecule has 10 heteroatoms. The summed E-state index contributed by atoms with van der Waals surface area (Å²) in [5.41, 5.74) is 1.32. The van der Waals surface area contributed by atoms with Gasteiger partial charge in [-0.05, 0) is 65.2 Å². The van der Waals surface area contributed by atoms with Crippen LogP contribution in [0.1, 0.15) is 65.3 Å². The summed E-state index contributed by atoms with van der Waals surface area (Å²) in [6, 6.07) is 3.28. The van der Waals surface area contributed by atoms with E-state index in [2.05, 4.69) is 30.8 Å². The maximum absolute atomic E-state index is 13.2. The number of nitrogens with zero attached hydrogens (tertiary/aromatic N) is 4. The molecular weight excluding hydrogens is 446 g/mol. The highest BCUT2D eigenvalue weighted by atomic mass is 16.6. The van der Waals surface area contributed by atoms with Crippen LogP contribution in [0.15, 0.2) is 18.5 Å². The van der Waals surface area contributed by atoms with Crippen LogP contribution >= 0.6 is 0 Å². The van der Waals surface area contributed by atoms with Gasteiger partial charge in [-0.25, -0.2) is 14.8 Å². The lowest BCUT2D eigenvalue weighted by molar-refractivity contribution is -0.135. The maximum Gasteiger partial charge on any atom is 0.408 e. The molecule has 1 aliphatic rings. The fourth-order valence-corrected chi connectivity index (χ4v) is 4.21. The van der Waals surface area contributed by atoms with Gasteiger partial charge in [-0.3, -0.25) is 9.89 Å². The van der Waals surface area contributed by atoms with E-state index in [4.69, 9.17) is 4.74 Å². The summed E-state index contributed by atoms with van der Waals surface area (Å²) in [5.74, 6) is 2.08. The molecule has 192 valence electrons. The SMILES string of the molecule is Cc1cc(Nc2cc(CC3CCN(C(=O)[C@H](CC(C)C)NC(=O)OC(C)(C)C)CC3)ncn2)n[nH]1. The van der Waals surface area contributed by atoms with Gasteiger partial charge in [0, 0.05) is 36.6 Å². The number of aryl methyl sites for hydroxylation is 1. The summed E-state index contributed by atoms with van der Waals surface area (Å²) in [6.45, 7) is 12.8. The molecule has 3 rings (SSSR count). The number of likely N-dealkylation sites (tertiary alicyclic amines) is 1. The topological polar surface area (TPSA) is 125 Å². The summed E-state index contributed by atoms with van der Waals surface area (Å²) in [5, 5.41) is 13.1. The highest BCUT2D eigenvalue weighted by Crippen LogP contribution is 2.23. The summed E-state index contributed by atoms with van der Waals surface area (Å²) in [7, 11) is 0. The average Bonchev–Trinajstić information content (AvgIpc) is 3.16. The molecule has 2 amide bonds. The molecule has 0 saturated carbocycles. The van der Waals surface area contributed by atoms with Crippen LogP contribution in [0.4, 0.5) is 16.4 Å². The van der Waals surface area contributed by atoms with E-state index < -0.39 is 17.7 Å². The lowest BCUT2D eigenvalue weighted by Crippen LogP contribution is -2.52. The molecule has 0 aliphatic carbocycles. The molecule has 0 radical (unpaired) electrons. The van der Waals surface area contributed by atoms with Crippen molar-refractivity contribution in [3.05, 3.63) is 29.8 Å². The van der Waals surface area contributed by atoms with E-state index in [0.29, 0.717) is 31.2 Å². The van der Waals surface area contributed by atoms with Crippen molar-refractivity contribution in [2.75, 3.05) is 18.4 Å². The molecule has 0 unspecified atom stereocenters. The molecule has 1 aliphatic heterocycles. The highest BCUT2D eigenvalue weighted by Gasteiger charge is 2.31. The number of piperidine rings is 1. The molecule has 3 N–H and O–H groups in total. The van der Waals surface area contributed by atoms with Gasteiger partial charge in [0.15, 0.2) is 5.82 Å². The zero-order valence-corrected chi connectivity index (χ0v) is 21.7. The Labute approximate surface area is 207 Å². The summed E-state index contributed by atoms with van der Waals surface area (Å²) in [4.78, 5) is 36.1. The number of hydrogen-bond acceptors (Lipinski definition) is 7. The second kappa shape index (κ2) is 11.5. The van der Waals surface area contributed by atoms with Crippen LogP contribution in [0.3, 0.4) is 0 Å². The second-order valence-corrected chi connectivity index (χ2v) is 10.8. The van der Waals surface area contributed by atoms with Crippen LogP contribution in [0, 0.1) is 18.8 Å². The predicted octanol–water partition coefficient (Wildman–Crippen LogP) is 3.97. The minimum Gasteiger partial charge on any atom is -0.444 e. The van der Waals surface area contributed by atoms with Gasteiger partial charge in [0.25, 0.3) is 0 Å². The molecular formula is C25H39N7O3. The van der Waals surface area contributed by atoms with Crippen LogP contribution in [-0.4, -0.2) is 61.8 Å². The predicted molar refractivity (Wildman–Crippen MR) is 134 cm³/mol. The van der Waals surface area contributed by atoms with E-state index >= 15 is 0 Å². The molecule has 0 aromatic carbocycles. The zero-order chi connectivity index (χ0) is 25.6. The number of carbonyl (C=O) groups excluding carboxylic acids is 2. The smallest absolute Gasteiger partial charge is 0.408 e. The van der Waals surface area contributed by atoms with Crippen molar-refractivity contribution in [3.63, 3.8) is 0 Å². The molecule has 0 bridgehead atoms. The summed E-state index contributed by atoms with van der Waals surface area (Å²) >= 11 is 0. The summed E-state index contributed by atoms with van der Waals surface area (Å²) in [6.07, 6.45) is 4.18. The van der Waals surface area contributed by atoms with Crippen molar-refractivity contribution < 1.29 is 14.3 Å². The Kier molecular flexibility index (Phi) is 8.69. The van der Waals surface area contributed by atoms with E-state index in [1.165, 1.54) is 0 Å². The normalized spacial score (nSPS) is 15.7. The number of ether oxygens (including phenoxy) is 1. The molecule has 10 nitrogen and oxygen atoms in total. The van der Waals surface area contributed by atoms with Crippen molar-refractivity contribution in [3.8, 4) is 0 Å². The van der Waals surface area contributed by atoms with Gasteiger partial charge in [-0.15, -0.1) is 0 Å². The lowest BCUT2D eigenvalue weighted by Gasteiger charge is -2.35. The van der Waals surface area contributed by atoms with Crippen molar-refractivity contribution in [1.29, 1.82) is 0 Å². The zero-order valence-electron chi connectivity index (χ0n) is 21.7. The Balaban J connectivity index is 1.53. The van der Waals surface area contributed by atoms with Crippen LogP contribution < -0.4 is 10.6 Å². The number of hydrogen-bond donors (Lipinski definition) is 3. The fraction of sp³-hybridized carbons (Fsp3) is 0.640. The molecule has 1 saturated heterocycles. The molecule has 2 aromatic rings. The number of alkyl carbamates (subject to hydrolysis) is 1. The quantitative estimate of drug-likeness (QED) is 0.516. The maximum atomic E-state index is 13.2. The van der Waals surface area contributed by atoms with Crippen molar-refractivity contribution in [1.82, 2.24) is 30.4 Å². The Morgan fingerprint density at radius 2 is 1.89 bits per heavy atom. The monoisotopic (exact) mass is 485 g/mol. The van der Waals surface area contributed by atoms with Crippen molar-refractivity contribution >= 4 is 23.6 Å². The third-order valence-corrected chi connectivity index (χ3v) is 5.81. The lowest BCUT2D eigenvalue weighted by atomic mass is 9.91. The van der Waals surface area contributed by atoms with E-state index in [9.17, 15) is 9.59 Å². The first-order valence-corrected chi connectivity index (χ1v) is 12.4. The van der Waals surface area contributed by atoms with Crippen LogP contribution in [0.2, 0.25) is 0 Å². The van der Waals surface area contributed by atoms with Gasteiger partial charge >= 0.3 is 6.09 Å². The number of rotatable bonds is 8. The van der Waals surface area contributed by atoms with Crippen LogP contribution in [0.25, 0.3) is 0 Å². The minimum absolute atomic E-state index is 0.0363. The molecule has 0 spiro atoms. The second-order valence-electron chi connectivity index (χ2n) is 10.8. The number of aromatic amines is 1. The van der Waals surface area contributed by atoms with E-state index in [1.54, 1.807) is 6.33 Å². The highest BCUT2D eigenvalue weighted by molar-refractivity contribution is 5.85. The van der Waals surface area contributed by atoms with Crippen LogP contribution in [-0.2, 0) is 16.0 Å². The Morgan fingerprint density at radius 3 is 2.49 bits per heavy atom. The van der Waals surface area contributed by atoms with E-state index in [-0.39, 0.29) is 11.8 Å². The molecule has 2 aromatic heterocycles. The van der Waals surface area contributed by atoms with E-state index in [0.717, 1.165) is 36.5 Å². The van der Waals surface area contributed by atoms with Gasteiger partial charge in [0.2, 0.25) is 5.91 Å². The first-order chi connectivity index (χ1) is 16.5. The molecule has 1 atom stereocenters. The van der Waals surface area contributed by atoms with Gasteiger partial charge in [-0.1, -0.05) is 13.8 Å². The third-order valence-electron chi connectivity index (χ3n) is 5.81. The fourth-order valence-electron chi connectivity index (χ4n) is 4.21. The van der Waals surface area contributed by atoms with Gasteiger partial charge in [-0.2, -0.15) is 5.10 Å². The number of amides is 2. The number of anilines is 2. The van der Waals surface area contributed by atoms with Crippen molar-refractivity contribution in [2.24, 2.45) is 11.8 Å². The Morgan fingerprint density at radius 1 is 1.17 bits per heavy atom. The van der Waals surface area contributed by atoms with Gasteiger partial charge in [0.05, 0.1) is 0 Å². The van der Waals surface area contributed by atoms with Crippen molar-refractivity contribution in [2.45, 2.75) is 78.9 Å². The van der Waals surface area contributed by atoms with Crippen LogP contribution in [0.5, 0.6) is 0 Å². The molecule has 1 fully saturated rings. The summed E-state index contributed by atoms with van der Waals surface area (Å²) < 4.78 is 5.38. The number of carbonyl (C=O) groups is 2. The minimum atomic E-state index is -0.610. The molecule has 35 heavy (non-hydrogen) atoms. The first-order valence-electron chi connectivity index (χ1n) is 12.4. The van der Waals surface area contributed by atoms with Gasteiger partial charge in [0.1, 0.15) is 23.8 Å². The molecule has 3 heterocycles. The first kappa shape index (κ1) is 26.4. The number of aromatic nitrogens is 4. The largest absolute Gasteiger partial charge is 0.444 e. The Hall–Kier alpha value is -3.17. The van der Waals surface area contributed by atoms with Gasteiger partial charge < -0.3 is 20.3 Å². The number of H-pyrrole nitrogens is 1. The third kappa shape index (κ3) is 8.52. The Bertz CT molecular complexity index is 991. The van der Waals surface area contributed by atoms with E-state index in [1.807, 2.05) is 58.6 Å². The average molecular weight is 486 g/mol. The number of nitrogens with one attached hydrogen (secondary N) is 3.